The van der Waals surface area contributed by atoms with Crippen molar-refractivity contribution in [2.24, 2.45) is 0 Å². The first-order chi connectivity index (χ1) is 9.86. The van der Waals surface area contributed by atoms with Gasteiger partial charge in [-0.25, -0.2) is 0 Å². The molecule has 0 fully saturated rings. The lowest BCUT2D eigenvalue weighted by molar-refractivity contribution is 0.198. The first-order valence-corrected chi connectivity index (χ1v) is 6.70. The molecule has 20 heavy (non-hydrogen) atoms. The molecular weight excluding hydrogens is 256 g/mol. The van der Waals surface area contributed by atoms with Crippen molar-refractivity contribution >= 4 is 6.01 Å². The molecule has 6 nitrogen and oxygen atoms in total. The van der Waals surface area contributed by atoms with Crippen molar-refractivity contribution in [2.75, 3.05) is 25.2 Å². The number of anilines is 1. The average molecular weight is 274 g/mol. The molecular formula is C14H18N4O2. The Morgan fingerprint density at radius 1 is 1.25 bits per heavy atom. The number of methoxy groups -OCH3 is 1. The van der Waals surface area contributed by atoms with Crippen molar-refractivity contribution in [1.29, 1.82) is 0 Å². The van der Waals surface area contributed by atoms with Crippen LogP contribution in [0.4, 0.5) is 6.01 Å². The van der Waals surface area contributed by atoms with E-state index in [-0.39, 0.29) is 0 Å². The van der Waals surface area contributed by atoms with Gasteiger partial charge in [-0.05, 0) is 11.1 Å². The highest BCUT2D eigenvalue weighted by Gasteiger charge is 2.22. The molecule has 0 unspecified atom stereocenters. The molecule has 3 rings (SSSR count). The van der Waals surface area contributed by atoms with Gasteiger partial charge in [0.2, 0.25) is 5.89 Å². The highest BCUT2D eigenvalue weighted by molar-refractivity contribution is 5.41. The second-order valence-electron chi connectivity index (χ2n) is 4.77. The Balaban J connectivity index is 1.58. The Bertz CT molecular complexity index is 545. The summed E-state index contributed by atoms with van der Waals surface area (Å²) in [6.45, 7) is 3.66. The van der Waals surface area contributed by atoms with Crippen LogP contribution in [-0.2, 0) is 24.4 Å². The number of rotatable bonds is 6. The maximum Gasteiger partial charge on any atom is 0.318 e. The molecule has 1 aliphatic rings. The minimum atomic E-state index is 0.567. The zero-order valence-electron chi connectivity index (χ0n) is 11.5. The second-order valence-corrected chi connectivity index (χ2v) is 4.77. The second kappa shape index (κ2) is 6.02. The SMILES string of the molecule is COCCNCc1nnc(N2Cc3ccccc3C2)o1. The van der Waals surface area contributed by atoms with Gasteiger partial charge in [-0.2, -0.15) is 0 Å². The van der Waals surface area contributed by atoms with Gasteiger partial charge in [0.25, 0.3) is 0 Å². The molecule has 1 N–H and O–H groups in total. The van der Waals surface area contributed by atoms with Gasteiger partial charge in [0, 0.05) is 26.7 Å². The normalized spacial score (nSPS) is 13.8. The number of aromatic nitrogens is 2. The van der Waals surface area contributed by atoms with Crippen LogP contribution in [0.5, 0.6) is 0 Å². The van der Waals surface area contributed by atoms with Crippen LogP contribution in [0.15, 0.2) is 28.7 Å². The van der Waals surface area contributed by atoms with E-state index in [9.17, 15) is 0 Å². The summed E-state index contributed by atoms with van der Waals surface area (Å²) < 4.78 is 10.6. The first-order valence-electron chi connectivity index (χ1n) is 6.70. The Morgan fingerprint density at radius 3 is 2.70 bits per heavy atom. The third-order valence-corrected chi connectivity index (χ3v) is 3.33. The maximum atomic E-state index is 5.68. The van der Waals surface area contributed by atoms with Crippen molar-refractivity contribution in [2.45, 2.75) is 19.6 Å². The van der Waals surface area contributed by atoms with Gasteiger partial charge >= 0.3 is 6.01 Å². The summed E-state index contributed by atoms with van der Waals surface area (Å²) in [5.74, 6) is 0.604. The maximum absolute atomic E-state index is 5.68. The summed E-state index contributed by atoms with van der Waals surface area (Å²) >= 11 is 0. The smallest absolute Gasteiger partial charge is 0.318 e. The molecule has 0 saturated heterocycles. The molecule has 0 bridgehead atoms. The Kier molecular flexibility index (Phi) is 3.94. The highest BCUT2D eigenvalue weighted by atomic mass is 16.5. The van der Waals surface area contributed by atoms with Crippen LogP contribution in [0.2, 0.25) is 0 Å². The summed E-state index contributed by atoms with van der Waals surface area (Å²) in [6.07, 6.45) is 0. The quantitative estimate of drug-likeness (QED) is 0.802. The van der Waals surface area contributed by atoms with E-state index in [4.69, 9.17) is 9.15 Å². The molecule has 2 heterocycles. The molecule has 1 aliphatic heterocycles. The van der Waals surface area contributed by atoms with Gasteiger partial charge < -0.3 is 19.4 Å². The zero-order valence-corrected chi connectivity index (χ0v) is 11.5. The topological polar surface area (TPSA) is 63.4 Å². The lowest BCUT2D eigenvalue weighted by Gasteiger charge is -2.10. The van der Waals surface area contributed by atoms with Gasteiger partial charge in [-0.15, -0.1) is 5.10 Å². The fraction of sp³-hybridized carbons (Fsp3) is 0.429. The van der Waals surface area contributed by atoms with Gasteiger partial charge in [0.05, 0.1) is 13.2 Å². The third kappa shape index (κ3) is 2.81. The van der Waals surface area contributed by atoms with E-state index in [0.29, 0.717) is 25.1 Å². The standard InChI is InChI=1S/C14H18N4O2/c1-19-7-6-15-8-13-16-17-14(20-13)18-9-11-4-2-3-5-12(11)10-18/h2-5,15H,6-10H2,1H3. The van der Waals surface area contributed by atoms with Crippen LogP contribution >= 0.6 is 0 Å². The van der Waals surface area contributed by atoms with Gasteiger partial charge in [0.1, 0.15) is 0 Å². The minimum absolute atomic E-state index is 0.567. The molecule has 0 radical (unpaired) electrons. The number of hydrogen-bond acceptors (Lipinski definition) is 6. The van der Waals surface area contributed by atoms with E-state index in [1.54, 1.807) is 7.11 Å². The number of hydrogen-bond donors (Lipinski definition) is 1. The predicted molar refractivity (Wildman–Crippen MR) is 74.2 cm³/mol. The van der Waals surface area contributed by atoms with E-state index >= 15 is 0 Å². The van der Waals surface area contributed by atoms with E-state index in [1.807, 2.05) is 0 Å². The highest BCUT2D eigenvalue weighted by Crippen LogP contribution is 2.26. The Labute approximate surface area is 117 Å². The van der Waals surface area contributed by atoms with Crippen molar-refractivity contribution < 1.29 is 9.15 Å². The molecule has 0 saturated carbocycles. The lowest BCUT2D eigenvalue weighted by atomic mass is 10.1. The number of fused-ring (bicyclic) bond motifs is 1. The average Bonchev–Trinajstić information content (AvgIpc) is 3.09. The van der Waals surface area contributed by atoms with Crippen LogP contribution in [0.3, 0.4) is 0 Å². The first kappa shape index (κ1) is 13.1. The lowest BCUT2D eigenvalue weighted by Crippen LogP contribution is -2.18. The molecule has 1 aromatic carbocycles. The van der Waals surface area contributed by atoms with Crippen LogP contribution in [-0.4, -0.2) is 30.5 Å². The monoisotopic (exact) mass is 274 g/mol. The Morgan fingerprint density at radius 2 is 2.00 bits per heavy atom. The molecule has 1 aromatic heterocycles. The Hall–Kier alpha value is -1.92. The largest absolute Gasteiger partial charge is 0.407 e. The van der Waals surface area contributed by atoms with Crippen LogP contribution in [0.1, 0.15) is 17.0 Å². The van der Waals surface area contributed by atoms with Crippen molar-refractivity contribution in [3.8, 4) is 0 Å². The van der Waals surface area contributed by atoms with Crippen molar-refractivity contribution in [3.63, 3.8) is 0 Å². The molecule has 106 valence electrons. The number of nitrogens with zero attached hydrogens (tertiary/aromatic N) is 3. The van der Waals surface area contributed by atoms with E-state index < -0.39 is 0 Å². The zero-order chi connectivity index (χ0) is 13.8. The minimum Gasteiger partial charge on any atom is -0.407 e. The number of benzene rings is 1. The van der Waals surface area contributed by atoms with Crippen LogP contribution in [0.25, 0.3) is 0 Å². The van der Waals surface area contributed by atoms with E-state index in [0.717, 1.165) is 19.6 Å². The third-order valence-electron chi connectivity index (χ3n) is 3.33. The fourth-order valence-corrected chi connectivity index (χ4v) is 2.28. The van der Waals surface area contributed by atoms with Gasteiger partial charge in [-0.1, -0.05) is 29.4 Å². The summed E-state index contributed by atoms with van der Waals surface area (Å²) in [6, 6.07) is 8.98. The number of ether oxygens (including phenoxy) is 1. The van der Waals surface area contributed by atoms with E-state index in [1.165, 1.54) is 11.1 Å². The molecule has 0 aliphatic carbocycles. The summed E-state index contributed by atoms with van der Waals surface area (Å²) in [7, 11) is 1.68. The van der Waals surface area contributed by atoms with Gasteiger partial charge in [0.15, 0.2) is 0 Å². The predicted octanol–water partition coefficient (Wildman–Crippen LogP) is 1.33. The summed E-state index contributed by atoms with van der Waals surface area (Å²) in [4.78, 5) is 2.09. The summed E-state index contributed by atoms with van der Waals surface area (Å²) in [5, 5.41) is 11.4. The van der Waals surface area contributed by atoms with Crippen LogP contribution in [0, 0.1) is 0 Å². The van der Waals surface area contributed by atoms with Crippen molar-refractivity contribution in [3.05, 3.63) is 41.3 Å². The van der Waals surface area contributed by atoms with Crippen LogP contribution < -0.4 is 10.2 Å². The number of nitrogens with one attached hydrogen (secondary N) is 1. The van der Waals surface area contributed by atoms with E-state index in [2.05, 4.69) is 44.7 Å². The molecule has 0 spiro atoms. The molecule has 6 heteroatoms. The summed E-state index contributed by atoms with van der Waals surface area (Å²) in [5.41, 5.74) is 2.65. The molecule has 0 amide bonds. The molecule has 2 aromatic rings. The van der Waals surface area contributed by atoms with Crippen molar-refractivity contribution in [1.82, 2.24) is 15.5 Å². The van der Waals surface area contributed by atoms with Gasteiger partial charge in [-0.3, -0.25) is 0 Å². The fourth-order valence-electron chi connectivity index (χ4n) is 2.28. The molecule has 0 atom stereocenters.